The van der Waals surface area contributed by atoms with Crippen molar-refractivity contribution < 1.29 is 18.0 Å². The summed E-state index contributed by atoms with van der Waals surface area (Å²) in [5.41, 5.74) is 1.50. The van der Waals surface area contributed by atoms with Crippen LogP contribution in [-0.2, 0) is 26.2 Å². The van der Waals surface area contributed by atoms with Crippen molar-refractivity contribution >= 4 is 62.3 Å². The molecule has 3 aromatic carbocycles. The Morgan fingerprint density at radius 2 is 1.49 bits per heavy atom. The molecule has 7 nitrogen and oxygen atoms in total. The first-order chi connectivity index (χ1) is 20.5. The van der Waals surface area contributed by atoms with Gasteiger partial charge in [-0.2, -0.15) is 0 Å². The van der Waals surface area contributed by atoms with Crippen molar-refractivity contribution in [2.75, 3.05) is 10.8 Å². The minimum Gasteiger partial charge on any atom is -0.352 e. The Morgan fingerprint density at radius 3 is 2.09 bits per heavy atom. The molecule has 3 aromatic rings. The predicted octanol–water partition coefficient (Wildman–Crippen LogP) is 7.41. The van der Waals surface area contributed by atoms with Crippen molar-refractivity contribution in [1.29, 1.82) is 0 Å². The predicted molar refractivity (Wildman–Crippen MR) is 173 cm³/mol. The summed E-state index contributed by atoms with van der Waals surface area (Å²) >= 11 is 19.5. The van der Waals surface area contributed by atoms with Gasteiger partial charge in [0.05, 0.1) is 15.6 Å². The van der Waals surface area contributed by atoms with Gasteiger partial charge in [0.1, 0.15) is 12.6 Å². The van der Waals surface area contributed by atoms with E-state index in [0.29, 0.717) is 22.0 Å². The molecule has 0 aliphatic heterocycles. The number of carbonyl (C=O) groups is 2. The minimum absolute atomic E-state index is 0.00796. The van der Waals surface area contributed by atoms with Crippen molar-refractivity contribution in [3.05, 3.63) is 92.9 Å². The van der Waals surface area contributed by atoms with Gasteiger partial charge in [0.15, 0.2) is 0 Å². The summed E-state index contributed by atoms with van der Waals surface area (Å²) in [5, 5.41) is 3.96. The average molecular weight is 665 g/mol. The number of hydrogen-bond acceptors (Lipinski definition) is 4. The Labute approximate surface area is 269 Å². The van der Waals surface area contributed by atoms with E-state index in [4.69, 9.17) is 34.8 Å². The lowest BCUT2D eigenvalue weighted by Gasteiger charge is -2.35. The van der Waals surface area contributed by atoms with Crippen LogP contribution in [0.1, 0.15) is 56.6 Å². The number of benzene rings is 3. The molecule has 4 rings (SSSR count). The Hall–Kier alpha value is -2.78. The third kappa shape index (κ3) is 8.04. The molecule has 1 N–H and O–H groups in total. The van der Waals surface area contributed by atoms with E-state index in [0.717, 1.165) is 42.0 Å². The molecule has 0 heterocycles. The second-order valence-electron chi connectivity index (χ2n) is 10.8. The topological polar surface area (TPSA) is 86.8 Å². The summed E-state index contributed by atoms with van der Waals surface area (Å²) in [6.45, 7) is 2.98. The molecule has 0 aromatic heterocycles. The molecule has 0 saturated heterocycles. The fourth-order valence-corrected chi connectivity index (χ4v) is 7.56. The van der Waals surface area contributed by atoms with Gasteiger partial charge < -0.3 is 10.2 Å². The monoisotopic (exact) mass is 663 g/mol. The van der Waals surface area contributed by atoms with Gasteiger partial charge in [-0.25, -0.2) is 8.42 Å². The molecule has 0 bridgehead atoms. The van der Waals surface area contributed by atoms with Gasteiger partial charge in [-0.05, 0) is 62.6 Å². The highest BCUT2D eigenvalue weighted by Gasteiger charge is 2.35. The number of para-hydroxylation sites is 1. The molecule has 2 amide bonds. The highest BCUT2D eigenvalue weighted by molar-refractivity contribution is 7.92. The van der Waals surface area contributed by atoms with E-state index in [9.17, 15) is 18.0 Å². The summed E-state index contributed by atoms with van der Waals surface area (Å²) < 4.78 is 29.1. The van der Waals surface area contributed by atoms with E-state index in [-0.39, 0.29) is 34.1 Å². The highest BCUT2D eigenvalue weighted by atomic mass is 35.5. The fourth-order valence-electron chi connectivity index (χ4n) is 5.32. The summed E-state index contributed by atoms with van der Waals surface area (Å²) in [6.07, 6.45) is 5.24. The van der Waals surface area contributed by atoms with Crippen LogP contribution in [-0.4, -0.2) is 43.8 Å². The maximum atomic E-state index is 14.3. The van der Waals surface area contributed by atoms with Gasteiger partial charge in [-0.3, -0.25) is 13.9 Å². The summed E-state index contributed by atoms with van der Waals surface area (Å²) in [7, 11) is -4.24. The number of carbonyl (C=O) groups excluding carboxylic acids is 2. The van der Waals surface area contributed by atoms with Crippen LogP contribution < -0.4 is 9.62 Å². The molecular weight excluding hydrogens is 629 g/mol. The Kier molecular flexibility index (Phi) is 11.4. The first-order valence-electron chi connectivity index (χ1n) is 14.4. The first kappa shape index (κ1) is 33.1. The van der Waals surface area contributed by atoms with Crippen molar-refractivity contribution in [2.45, 2.75) is 75.9 Å². The van der Waals surface area contributed by atoms with Crippen molar-refractivity contribution in [3.63, 3.8) is 0 Å². The number of nitrogens with zero attached hydrogens (tertiary/aromatic N) is 2. The minimum atomic E-state index is -4.24. The quantitative estimate of drug-likeness (QED) is 0.231. The van der Waals surface area contributed by atoms with E-state index >= 15 is 0 Å². The molecule has 0 unspecified atom stereocenters. The lowest BCUT2D eigenvalue weighted by Crippen LogP contribution is -2.54. The first-order valence-corrected chi connectivity index (χ1v) is 17.0. The Morgan fingerprint density at radius 1 is 0.884 bits per heavy atom. The largest absolute Gasteiger partial charge is 0.352 e. The Balaban J connectivity index is 1.75. The van der Waals surface area contributed by atoms with E-state index in [1.54, 1.807) is 54.6 Å². The van der Waals surface area contributed by atoms with Crippen LogP contribution >= 0.6 is 34.8 Å². The number of sulfonamides is 1. The lowest BCUT2D eigenvalue weighted by molar-refractivity contribution is -0.140. The van der Waals surface area contributed by atoms with Gasteiger partial charge in [-0.1, -0.05) is 96.9 Å². The SMILES string of the molecule is CC[C@H](C(=O)NC1CCCCC1)N(Cc1c(Cl)cccc1Cl)C(=O)CN(c1ccccc1Cl)S(=O)(=O)c1ccc(C)cc1. The van der Waals surface area contributed by atoms with Crippen LogP contribution in [0.4, 0.5) is 5.69 Å². The summed E-state index contributed by atoms with van der Waals surface area (Å²) in [5.74, 6) is -0.895. The summed E-state index contributed by atoms with van der Waals surface area (Å²) in [4.78, 5) is 29.4. The molecule has 1 aliphatic rings. The molecule has 1 fully saturated rings. The third-order valence-electron chi connectivity index (χ3n) is 7.74. The fraction of sp³-hybridized carbons (Fsp3) is 0.375. The van der Waals surface area contributed by atoms with E-state index in [1.807, 2.05) is 13.8 Å². The number of hydrogen-bond donors (Lipinski definition) is 1. The lowest BCUT2D eigenvalue weighted by atomic mass is 9.95. The number of anilines is 1. The molecule has 1 saturated carbocycles. The van der Waals surface area contributed by atoms with E-state index < -0.39 is 28.5 Å². The maximum Gasteiger partial charge on any atom is 0.264 e. The molecule has 0 spiro atoms. The van der Waals surface area contributed by atoms with Crippen LogP contribution in [0.5, 0.6) is 0 Å². The number of rotatable bonds is 11. The normalized spacial score (nSPS) is 14.6. The van der Waals surface area contributed by atoms with Gasteiger partial charge >= 0.3 is 0 Å². The van der Waals surface area contributed by atoms with Crippen molar-refractivity contribution in [1.82, 2.24) is 10.2 Å². The zero-order valence-electron chi connectivity index (χ0n) is 24.2. The standard InChI is InChI=1S/C32H36Cl3N3O4S/c1-3-29(32(40)36-23-10-5-4-6-11-23)37(20-25-26(33)13-9-14-27(25)34)31(39)21-38(30-15-8-7-12-28(30)35)43(41,42)24-18-16-22(2)17-19-24/h7-9,12-19,23,29H,3-6,10-11,20-21H2,1-2H3,(H,36,40)/t29-/m1/s1. The van der Waals surface area contributed by atoms with Gasteiger partial charge in [0.25, 0.3) is 10.0 Å². The molecule has 0 radical (unpaired) electrons. The van der Waals surface area contributed by atoms with E-state index in [1.165, 1.54) is 17.0 Å². The number of amides is 2. The highest BCUT2D eigenvalue weighted by Crippen LogP contribution is 2.32. The smallest absolute Gasteiger partial charge is 0.264 e. The van der Waals surface area contributed by atoms with Gasteiger partial charge in [-0.15, -0.1) is 0 Å². The third-order valence-corrected chi connectivity index (χ3v) is 10.5. The second-order valence-corrected chi connectivity index (χ2v) is 13.8. The van der Waals surface area contributed by atoms with Crippen LogP contribution in [0.25, 0.3) is 0 Å². The van der Waals surface area contributed by atoms with Crippen LogP contribution in [0.2, 0.25) is 15.1 Å². The van der Waals surface area contributed by atoms with Crippen molar-refractivity contribution in [3.8, 4) is 0 Å². The van der Waals surface area contributed by atoms with Crippen molar-refractivity contribution in [2.24, 2.45) is 0 Å². The zero-order chi connectivity index (χ0) is 31.1. The summed E-state index contributed by atoms with van der Waals surface area (Å²) in [6, 6.07) is 16.9. The Bertz CT molecular complexity index is 1520. The molecule has 43 heavy (non-hydrogen) atoms. The zero-order valence-corrected chi connectivity index (χ0v) is 27.3. The molecule has 230 valence electrons. The van der Waals surface area contributed by atoms with E-state index in [2.05, 4.69) is 5.32 Å². The van der Waals surface area contributed by atoms with Gasteiger partial charge in [0, 0.05) is 28.2 Å². The average Bonchev–Trinajstić information content (AvgIpc) is 2.98. The van der Waals surface area contributed by atoms with Crippen LogP contribution in [0, 0.1) is 6.92 Å². The molecular formula is C32H36Cl3N3O4S. The number of nitrogens with one attached hydrogen (secondary N) is 1. The van der Waals surface area contributed by atoms with Crippen LogP contribution in [0.3, 0.4) is 0 Å². The van der Waals surface area contributed by atoms with Gasteiger partial charge in [0.2, 0.25) is 11.8 Å². The number of aryl methyl sites for hydroxylation is 1. The number of halogens is 3. The molecule has 1 atom stereocenters. The van der Waals surface area contributed by atoms with Crippen LogP contribution in [0.15, 0.2) is 71.6 Å². The molecule has 1 aliphatic carbocycles. The molecule has 11 heteroatoms. The second kappa shape index (κ2) is 14.8. The maximum absolute atomic E-state index is 14.3.